The first-order valence-electron chi connectivity index (χ1n) is 6.92. The molecule has 1 saturated heterocycles. The average Bonchev–Trinajstić information content (AvgIpc) is 2.66. The number of likely N-dealkylation sites (N-methyl/N-ethyl adjacent to an activating group) is 1. The monoisotopic (exact) mass is 300 g/mol. The molecule has 0 aromatic carbocycles. The van der Waals surface area contributed by atoms with Crippen molar-refractivity contribution in [2.45, 2.75) is 30.8 Å². The van der Waals surface area contributed by atoms with Gasteiger partial charge < -0.3 is 15.2 Å². The molecule has 7 heteroatoms. The van der Waals surface area contributed by atoms with Gasteiger partial charge in [-0.2, -0.15) is 4.31 Å². The molecule has 1 unspecified atom stereocenters. The van der Waals surface area contributed by atoms with Crippen molar-refractivity contribution < 1.29 is 8.42 Å². The molecule has 0 aliphatic carbocycles. The summed E-state index contributed by atoms with van der Waals surface area (Å²) in [5.41, 5.74) is 6.44. The minimum absolute atomic E-state index is 0.0194. The van der Waals surface area contributed by atoms with Crippen LogP contribution in [0.2, 0.25) is 0 Å². The lowest BCUT2D eigenvalue weighted by atomic mass is 10.3. The Morgan fingerprint density at radius 3 is 2.65 bits per heavy atom. The van der Waals surface area contributed by atoms with Crippen LogP contribution in [0.1, 0.15) is 19.0 Å². The number of aryl methyl sites for hydroxylation is 1. The highest BCUT2D eigenvalue weighted by Crippen LogP contribution is 2.22. The molecule has 0 saturated carbocycles. The lowest BCUT2D eigenvalue weighted by molar-refractivity contribution is 0.290. The van der Waals surface area contributed by atoms with Gasteiger partial charge >= 0.3 is 0 Å². The first kappa shape index (κ1) is 15.5. The number of sulfonamides is 1. The Bertz CT molecular complexity index is 567. The molecule has 1 atom stereocenters. The lowest BCUT2D eigenvalue weighted by Crippen LogP contribution is -2.41. The van der Waals surface area contributed by atoms with E-state index in [0.29, 0.717) is 18.0 Å². The lowest BCUT2D eigenvalue weighted by Gasteiger charge is -2.26. The van der Waals surface area contributed by atoms with Crippen LogP contribution in [0.3, 0.4) is 0 Å². The van der Waals surface area contributed by atoms with Crippen LogP contribution in [0.5, 0.6) is 0 Å². The minimum atomic E-state index is -3.44. The van der Waals surface area contributed by atoms with E-state index >= 15 is 0 Å². The molecule has 1 fully saturated rings. The molecule has 114 valence electrons. The highest BCUT2D eigenvalue weighted by molar-refractivity contribution is 7.89. The summed E-state index contributed by atoms with van der Waals surface area (Å²) in [4.78, 5) is 2.52. The summed E-state index contributed by atoms with van der Waals surface area (Å²) < 4.78 is 29.0. The summed E-state index contributed by atoms with van der Waals surface area (Å²) in [7, 11) is 0.410. The van der Waals surface area contributed by atoms with Crippen molar-refractivity contribution in [3.63, 3.8) is 0 Å². The fourth-order valence-electron chi connectivity index (χ4n) is 2.76. The van der Waals surface area contributed by atoms with E-state index in [2.05, 4.69) is 4.90 Å². The van der Waals surface area contributed by atoms with Crippen LogP contribution in [0.4, 0.5) is 0 Å². The number of hydrogen-bond donors (Lipinski definition) is 1. The van der Waals surface area contributed by atoms with Crippen LogP contribution in [0.25, 0.3) is 0 Å². The molecule has 20 heavy (non-hydrogen) atoms. The van der Waals surface area contributed by atoms with E-state index in [1.165, 1.54) is 0 Å². The molecule has 2 N–H and O–H groups in total. The van der Waals surface area contributed by atoms with Crippen molar-refractivity contribution in [2.24, 2.45) is 12.8 Å². The van der Waals surface area contributed by atoms with E-state index in [9.17, 15) is 8.42 Å². The Hall–Kier alpha value is -0.890. The minimum Gasteiger partial charge on any atom is -0.352 e. The molecule has 6 nitrogen and oxygen atoms in total. The maximum Gasteiger partial charge on any atom is 0.244 e. The average molecular weight is 300 g/mol. The van der Waals surface area contributed by atoms with Crippen molar-refractivity contribution >= 4 is 10.0 Å². The van der Waals surface area contributed by atoms with Gasteiger partial charge in [0.1, 0.15) is 4.90 Å². The number of hydrogen-bond acceptors (Lipinski definition) is 4. The number of aromatic nitrogens is 1. The third kappa shape index (κ3) is 2.90. The molecule has 1 aliphatic rings. The zero-order chi connectivity index (χ0) is 14.9. The van der Waals surface area contributed by atoms with Gasteiger partial charge in [0.05, 0.1) is 0 Å². The van der Waals surface area contributed by atoms with Gasteiger partial charge in [-0.1, -0.05) is 0 Å². The molecule has 2 rings (SSSR count). The maximum atomic E-state index is 12.8. The number of nitrogens with zero attached hydrogens (tertiary/aromatic N) is 3. The Morgan fingerprint density at radius 1 is 1.35 bits per heavy atom. The maximum absolute atomic E-state index is 12.8. The standard InChI is InChI=1S/C13H24N4O2S/c1-11-9-15(2)5-4-6-17(11)20(18,19)13-7-12(8-14)16(3)10-13/h7,10-11H,4-6,8-9,14H2,1-3H3. The topological polar surface area (TPSA) is 71.6 Å². The Kier molecular flexibility index (Phi) is 4.53. The predicted molar refractivity (Wildman–Crippen MR) is 78.8 cm³/mol. The van der Waals surface area contributed by atoms with E-state index in [-0.39, 0.29) is 6.04 Å². The van der Waals surface area contributed by atoms with Crippen LogP contribution < -0.4 is 5.73 Å². The zero-order valence-electron chi connectivity index (χ0n) is 12.4. The third-order valence-corrected chi connectivity index (χ3v) is 5.86. The second-order valence-corrected chi connectivity index (χ2v) is 7.45. The summed E-state index contributed by atoms with van der Waals surface area (Å²) in [6, 6.07) is 1.66. The van der Waals surface area contributed by atoms with Crippen LogP contribution in [0, 0.1) is 0 Å². The van der Waals surface area contributed by atoms with Crippen molar-refractivity contribution in [3.8, 4) is 0 Å². The number of rotatable bonds is 3. The fraction of sp³-hybridized carbons (Fsp3) is 0.692. The fourth-order valence-corrected chi connectivity index (χ4v) is 4.52. The van der Waals surface area contributed by atoms with E-state index in [1.807, 2.05) is 21.0 Å². The molecular weight excluding hydrogens is 276 g/mol. The van der Waals surface area contributed by atoms with Gasteiger partial charge in [-0.25, -0.2) is 8.42 Å². The Labute approximate surface area is 121 Å². The van der Waals surface area contributed by atoms with Crippen LogP contribution in [-0.2, 0) is 23.6 Å². The molecule has 1 aliphatic heterocycles. The highest BCUT2D eigenvalue weighted by Gasteiger charge is 2.32. The van der Waals surface area contributed by atoms with E-state index < -0.39 is 10.0 Å². The molecule has 0 radical (unpaired) electrons. The van der Waals surface area contributed by atoms with Gasteiger partial charge in [0.15, 0.2) is 0 Å². The van der Waals surface area contributed by atoms with Gasteiger partial charge in [-0.15, -0.1) is 0 Å². The van der Waals surface area contributed by atoms with Crippen molar-refractivity contribution in [1.82, 2.24) is 13.8 Å². The van der Waals surface area contributed by atoms with Crippen LogP contribution in [-0.4, -0.2) is 54.9 Å². The molecule has 0 bridgehead atoms. The van der Waals surface area contributed by atoms with Crippen LogP contribution >= 0.6 is 0 Å². The summed E-state index contributed by atoms with van der Waals surface area (Å²) in [6.07, 6.45) is 2.51. The number of nitrogens with two attached hydrogens (primary N) is 1. The van der Waals surface area contributed by atoms with Gasteiger partial charge in [-0.05, 0) is 33.0 Å². The molecule has 0 spiro atoms. The van der Waals surface area contributed by atoms with Crippen molar-refractivity contribution in [1.29, 1.82) is 0 Å². The van der Waals surface area contributed by atoms with E-state index in [1.54, 1.807) is 21.1 Å². The zero-order valence-corrected chi connectivity index (χ0v) is 13.2. The van der Waals surface area contributed by atoms with Gasteiger partial charge in [-0.3, -0.25) is 0 Å². The summed E-state index contributed by atoms with van der Waals surface area (Å²) >= 11 is 0. The van der Waals surface area contributed by atoms with Crippen molar-refractivity contribution in [2.75, 3.05) is 26.7 Å². The normalized spacial score (nSPS) is 22.9. The summed E-state index contributed by atoms with van der Waals surface area (Å²) in [5, 5.41) is 0. The SMILES string of the molecule is CC1CN(C)CCCN1S(=O)(=O)c1cc(CN)n(C)c1. The molecule has 0 amide bonds. The van der Waals surface area contributed by atoms with Gasteiger partial charge in [0, 0.05) is 44.6 Å². The van der Waals surface area contributed by atoms with Crippen molar-refractivity contribution in [3.05, 3.63) is 18.0 Å². The molecular formula is C13H24N4O2S. The summed E-state index contributed by atoms with van der Waals surface area (Å²) in [5.74, 6) is 0. The smallest absolute Gasteiger partial charge is 0.244 e. The molecule has 1 aromatic rings. The molecule has 1 aromatic heterocycles. The van der Waals surface area contributed by atoms with E-state index in [0.717, 1.165) is 25.2 Å². The second kappa shape index (κ2) is 5.85. The highest BCUT2D eigenvalue weighted by atomic mass is 32.2. The van der Waals surface area contributed by atoms with Gasteiger partial charge in [0.25, 0.3) is 0 Å². The van der Waals surface area contributed by atoms with Crippen LogP contribution in [0.15, 0.2) is 17.2 Å². The molecule has 2 heterocycles. The Balaban J connectivity index is 2.33. The van der Waals surface area contributed by atoms with E-state index in [4.69, 9.17) is 5.73 Å². The predicted octanol–water partition coefficient (Wildman–Crippen LogP) is 0.199. The first-order valence-corrected chi connectivity index (χ1v) is 8.36. The second-order valence-electron chi connectivity index (χ2n) is 5.56. The first-order chi connectivity index (χ1) is 9.36. The van der Waals surface area contributed by atoms with Gasteiger partial charge in [0.2, 0.25) is 10.0 Å². The third-order valence-electron chi connectivity index (χ3n) is 3.88. The quantitative estimate of drug-likeness (QED) is 0.865. The largest absolute Gasteiger partial charge is 0.352 e. The Morgan fingerprint density at radius 2 is 2.05 bits per heavy atom. The summed E-state index contributed by atoms with van der Waals surface area (Å²) in [6.45, 7) is 4.56.